The number of pyridine rings is 1. The Morgan fingerprint density at radius 1 is 1.02 bits per heavy atom. The van der Waals surface area contributed by atoms with Gasteiger partial charge in [-0.3, -0.25) is 4.79 Å². The number of nitrogens with zero attached hydrogens (tertiary/aromatic N) is 3. The lowest BCUT2D eigenvalue weighted by Crippen LogP contribution is -2.28. The van der Waals surface area contributed by atoms with Crippen molar-refractivity contribution in [2.45, 2.75) is 13.1 Å². The van der Waals surface area contributed by atoms with Crippen LogP contribution >= 0.6 is 0 Å². The molecule has 2 aromatic heterocycles. The van der Waals surface area contributed by atoms with Crippen molar-refractivity contribution in [1.82, 2.24) is 14.9 Å². The van der Waals surface area contributed by atoms with E-state index in [1.807, 2.05) is 58.4 Å². The fraction of sp³-hybridized carbons (Fsp3) is 0.226. The summed E-state index contributed by atoms with van der Waals surface area (Å²) in [6, 6.07) is 14.4. The number of rotatable bonds is 9. The summed E-state index contributed by atoms with van der Waals surface area (Å²) in [5, 5.41) is 3.15. The predicted molar refractivity (Wildman–Crippen MR) is 159 cm³/mol. The molecule has 0 aliphatic carbocycles. The summed E-state index contributed by atoms with van der Waals surface area (Å²) in [4.78, 5) is 47.5. The third-order valence-corrected chi connectivity index (χ3v) is 6.75. The molecule has 4 rings (SSSR count). The maximum atomic E-state index is 12.7. The maximum absolute atomic E-state index is 12.7. The highest BCUT2D eigenvalue weighted by atomic mass is 19.4. The van der Waals surface area contributed by atoms with E-state index in [0.717, 1.165) is 42.2 Å². The monoisotopic (exact) mass is 593 g/mol. The second-order valence-corrected chi connectivity index (χ2v) is 10.2. The van der Waals surface area contributed by atoms with Gasteiger partial charge < -0.3 is 24.8 Å². The lowest BCUT2D eigenvalue weighted by atomic mass is 9.96. The number of ether oxygens (including phenoxy) is 1. The molecule has 0 unspecified atom stereocenters. The Morgan fingerprint density at radius 3 is 2.33 bits per heavy atom. The number of aromatic nitrogens is 2. The van der Waals surface area contributed by atoms with Crippen LogP contribution in [0.4, 0.5) is 24.5 Å². The fourth-order valence-corrected chi connectivity index (χ4v) is 4.36. The standard InChI is InChI=1S/C31H30F3N5O4/c1-6-25(40)36-24-16-20(8-7-18(24)2)26-23-15-21(29(41)43-30(42)31(32,33)34)17-35-28(23)37-27(26)19-9-11-22(12-10-19)39(5)14-13-38(3)4/h6-12,15-17H,1,13-14H2,2-5H3,(H,35,37)(H,36,40). The zero-order chi connectivity index (χ0) is 31.5. The van der Waals surface area contributed by atoms with Crippen molar-refractivity contribution in [2.75, 3.05) is 44.4 Å². The van der Waals surface area contributed by atoms with Crippen LogP contribution in [0.2, 0.25) is 0 Å². The number of hydrogen-bond acceptors (Lipinski definition) is 7. The van der Waals surface area contributed by atoms with E-state index in [1.54, 1.807) is 12.1 Å². The average Bonchev–Trinajstić information content (AvgIpc) is 3.35. The van der Waals surface area contributed by atoms with Crippen LogP contribution in [0.1, 0.15) is 15.9 Å². The normalized spacial score (nSPS) is 11.4. The fourth-order valence-electron chi connectivity index (χ4n) is 4.36. The summed E-state index contributed by atoms with van der Waals surface area (Å²) in [6.45, 7) is 6.98. The van der Waals surface area contributed by atoms with Crippen LogP contribution in [0, 0.1) is 6.92 Å². The molecule has 2 aromatic carbocycles. The number of amides is 1. The van der Waals surface area contributed by atoms with Gasteiger partial charge in [0, 0.05) is 48.7 Å². The first kappa shape index (κ1) is 31.0. The van der Waals surface area contributed by atoms with Crippen LogP contribution in [0.15, 0.2) is 67.4 Å². The van der Waals surface area contributed by atoms with Gasteiger partial charge in [-0.25, -0.2) is 14.6 Å². The number of aryl methyl sites for hydroxylation is 1. The SMILES string of the molecule is C=CC(=O)Nc1cc(-c2c(-c3ccc(N(C)CCN(C)C)cc3)[nH]c3ncc(C(=O)OC(=O)C(F)(F)F)cc23)ccc1C. The number of H-pyrrole nitrogens is 1. The Hall–Kier alpha value is -4.97. The molecule has 4 aromatic rings. The summed E-state index contributed by atoms with van der Waals surface area (Å²) in [5.41, 5.74) is 4.86. The molecule has 0 fully saturated rings. The van der Waals surface area contributed by atoms with Crippen LogP contribution in [0.25, 0.3) is 33.4 Å². The van der Waals surface area contributed by atoms with E-state index in [4.69, 9.17) is 0 Å². The molecule has 1 amide bonds. The number of hydrogen-bond donors (Lipinski definition) is 2. The van der Waals surface area contributed by atoms with Gasteiger partial charge in [-0.15, -0.1) is 0 Å². The van der Waals surface area contributed by atoms with Crippen LogP contribution in [0.3, 0.4) is 0 Å². The van der Waals surface area contributed by atoms with Gasteiger partial charge in [-0.05, 0) is 68.1 Å². The summed E-state index contributed by atoms with van der Waals surface area (Å²) in [6.07, 6.45) is -3.16. The molecule has 12 heteroatoms. The van der Waals surface area contributed by atoms with Crippen molar-refractivity contribution >= 4 is 40.3 Å². The van der Waals surface area contributed by atoms with E-state index in [0.29, 0.717) is 33.5 Å². The number of benzene rings is 2. The van der Waals surface area contributed by atoms with Crippen LogP contribution in [0.5, 0.6) is 0 Å². The van der Waals surface area contributed by atoms with E-state index in [-0.39, 0.29) is 5.56 Å². The van der Waals surface area contributed by atoms with Crippen LogP contribution < -0.4 is 10.2 Å². The summed E-state index contributed by atoms with van der Waals surface area (Å²) >= 11 is 0. The van der Waals surface area contributed by atoms with Crippen molar-refractivity contribution in [3.63, 3.8) is 0 Å². The van der Waals surface area contributed by atoms with Gasteiger partial charge in [0.05, 0.1) is 11.3 Å². The second-order valence-electron chi connectivity index (χ2n) is 10.2. The lowest BCUT2D eigenvalue weighted by molar-refractivity contribution is -0.193. The van der Waals surface area contributed by atoms with Gasteiger partial charge in [-0.2, -0.15) is 13.2 Å². The Kier molecular flexibility index (Phi) is 9.00. The van der Waals surface area contributed by atoms with Crippen molar-refractivity contribution in [2.24, 2.45) is 0 Å². The van der Waals surface area contributed by atoms with Crippen molar-refractivity contribution < 1.29 is 32.3 Å². The molecular formula is C31H30F3N5O4. The number of anilines is 2. The zero-order valence-electron chi connectivity index (χ0n) is 24.0. The molecule has 0 spiro atoms. The predicted octanol–water partition coefficient (Wildman–Crippen LogP) is 5.57. The number of halogens is 3. The van der Waals surface area contributed by atoms with E-state index < -0.39 is 24.0 Å². The van der Waals surface area contributed by atoms with Crippen molar-refractivity contribution in [3.8, 4) is 22.4 Å². The lowest BCUT2D eigenvalue weighted by Gasteiger charge is -2.21. The minimum atomic E-state index is -5.33. The number of carbonyl (C=O) groups is 3. The number of alkyl halides is 3. The Labute approximate surface area is 246 Å². The third kappa shape index (κ3) is 7.09. The smallest absolute Gasteiger partial charge is 0.383 e. The second kappa shape index (κ2) is 12.5. The molecule has 9 nitrogen and oxygen atoms in total. The average molecular weight is 594 g/mol. The van der Waals surface area contributed by atoms with Gasteiger partial charge in [0.2, 0.25) is 5.91 Å². The third-order valence-electron chi connectivity index (χ3n) is 6.75. The first-order chi connectivity index (χ1) is 20.3. The largest absolute Gasteiger partial charge is 0.491 e. The summed E-state index contributed by atoms with van der Waals surface area (Å²) in [5.74, 6) is -4.52. The first-order valence-corrected chi connectivity index (χ1v) is 13.1. The number of fused-ring (bicyclic) bond motifs is 1. The molecule has 0 aliphatic rings. The topological polar surface area (TPSA) is 108 Å². The van der Waals surface area contributed by atoms with Gasteiger partial charge in [0.15, 0.2) is 0 Å². The number of esters is 2. The van der Waals surface area contributed by atoms with Crippen molar-refractivity contribution in [1.29, 1.82) is 0 Å². The van der Waals surface area contributed by atoms with Gasteiger partial charge in [0.1, 0.15) is 5.65 Å². The molecule has 0 saturated heterocycles. The number of carbonyl (C=O) groups excluding carboxylic acids is 3. The van der Waals surface area contributed by atoms with E-state index in [1.165, 1.54) is 6.07 Å². The quantitative estimate of drug-likeness (QED) is 0.148. The minimum Gasteiger partial charge on any atom is -0.383 e. The molecule has 0 bridgehead atoms. The summed E-state index contributed by atoms with van der Waals surface area (Å²) < 4.78 is 42.2. The molecule has 43 heavy (non-hydrogen) atoms. The van der Waals surface area contributed by atoms with Crippen LogP contribution in [-0.2, 0) is 14.3 Å². The Balaban J connectivity index is 1.84. The highest BCUT2D eigenvalue weighted by molar-refractivity contribution is 6.07. The highest BCUT2D eigenvalue weighted by Crippen LogP contribution is 2.40. The zero-order valence-corrected chi connectivity index (χ0v) is 24.0. The molecule has 0 saturated carbocycles. The molecule has 224 valence electrons. The van der Waals surface area contributed by atoms with E-state index in [9.17, 15) is 27.6 Å². The van der Waals surface area contributed by atoms with Gasteiger partial charge in [-0.1, -0.05) is 30.8 Å². The molecule has 0 atom stereocenters. The Morgan fingerprint density at radius 2 is 1.70 bits per heavy atom. The molecule has 2 N–H and O–H groups in total. The van der Waals surface area contributed by atoms with E-state index in [2.05, 4.69) is 36.4 Å². The number of nitrogens with one attached hydrogen (secondary N) is 2. The highest BCUT2D eigenvalue weighted by Gasteiger charge is 2.42. The minimum absolute atomic E-state index is 0.341. The Bertz CT molecular complexity index is 1690. The molecule has 0 aliphatic heterocycles. The number of aromatic amines is 1. The van der Waals surface area contributed by atoms with Crippen LogP contribution in [-0.4, -0.2) is 73.1 Å². The van der Waals surface area contributed by atoms with E-state index >= 15 is 0 Å². The molecule has 0 radical (unpaired) electrons. The van der Waals surface area contributed by atoms with Crippen molar-refractivity contribution in [3.05, 3.63) is 78.5 Å². The summed E-state index contributed by atoms with van der Waals surface area (Å²) in [7, 11) is 5.99. The molecule has 2 heterocycles. The van der Waals surface area contributed by atoms with Gasteiger partial charge in [0.25, 0.3) is 0 Å². The first-order valence-electron chi connectivity index (χ1n) is 13.1. The van der Waals surface area contributed by atoms with Gasteiger partial charge >= 0.3 is 18.1 Å². The maximum Gasteiger partial charge on any atom is 0.491 e. The number of likely N-dealkylation sites (N-methyl/N-ethyl adjacent to an activating group) is 2. The molecular weight excluding hydrogens is 563 g/mol.